The van der Waals surface area contributed by atoms with Crippen molar-refractivity contribution in [2.24, 2.45) is 0 Å². The Morgan fingerprint density at radius 1 is 0.964 bits per heavy atom. The van der Waals surface area contributed by atoms with Gasteiger partial charge in [0.2, 0.25) is 0 Å². The van der Waals surface area contributed by atoms with Gasteiger partial charge in [-0.3, -0.25) is 14.4 Å². The molecule has 0 aliphatic heterocycles. The van der Waals surface area contributed by atoms with Crippen LogP contribution in [0, 0.1) is 26.6 Å². The average molecular weight is 385 g/mol. The van der Waals surface area contributed by atoms with Gasteiger partial charge in [-0.05, 0) is 62.6 Å². The molecule has 0 fully saturated rings. The second-order valence-corrected chi connectivity index (χ2v) is 6.81. The van der Waals surface area contributed by atoms with Crippen molar-refractivity contribution >= 4 is 23.3 Å². The maximum Gasteiger partial charge on any atom is 0.307 e. The number of esters is 1. The van der Waals surface area contributed by atoms with Gasteiger partial charge >= 0.3 is 5.97 Å². The fourth-order valence-electron chi connectivity index (χ4n) is 2.50. The zero-order chi connectivity index (χ0) is 20.8. The molecule has 0 saturated carbocycles. The van der Waals surface area contributed by atoms with Crippen LogP contribution in [0.25, 0.3) is 0 Å². The molecule has 0 aliphatic rings. The van der Waals surface area contributed by atoms with Crippen molar-refractivity contribution in [3.8, 4) is 0 Å². The van der Waals surface area contributed by atoms with Crippen LogP contribution >= 0.6 is 0 Å². The molecule has 0 aliphatic carbocycles. The van der Waals surface area contributed by atoms with Crippen molar-refractivity contribution < 1.29 is 23.5 Å². The lowest BCUT2D eigenvalue weighted by Crippen LogP contribution is -2.30. The Morgan fingerprint density at radius 2 is 1.64 bits per heavy atom. The SMILES string of the molecule is Cc1ccc(C(=O)CCC(=O)OC(C)C(=O)Nc2ccc(C)c(F)c2)cc1C. The van der Waals surface area contributed by atoms with Gasteiger partial charge in [-0.25, -0.2) is 4.39 Å². The normalized spacial score (nSPS) is 11.6. The van der Waals surface area contributed by atoms with E-state index in [2.05, 4.69) is 5.32 Å². The van der Waals surface area contributed by atoms with Crippen LogP contribution in [0.15, 0.2) is 36.4 Å². The first kappa shape index (κ1) is 21.3. The van der Waals surface area contributed by atoms with E-state index in [1.54, 1.807) is 31.2 Å². The summed E-state index contributed by atoms with van der Waals surface area (Å²) in [4.78, 5) is 36.3. The maximum atomic E-state index is 13.5. The number of amides is 1. The summed E-state index contributed by atoms with van der Waals surface area (Å²) in [6.45, 7) is 6.91. The van der Waals surface area contributed by atoms with Crippen molar-refractivity contribution in [2.45, 2.75) is 46.6 Å². The lowest BCUT2D eigenvalue weighted by molar-refractivity contribution is -0.153. The van der Waals surface area contributed by atoms with E-state index in [1.807, 2.05) is 19.9 Å². The largest absolute Gasteiger partial charge is 0.453 e. The summed E-state index contributed by atoms with van der Waals surface area (Å²) in [5.41, 5.74) is 3.38. The summed E-state index contributed by atoms with van der Waals surface area (Å²) in [7, 11) is 0. The highest BCUT2D eigenvalue weighted by molar-refractivity contribution is 5.98. The Balaban J connectivity index is 1.84. The first-order chi connectivity index (χ1) is 13.2. The van der Waals surface area contributed by atoms with Crippen molar-refractivity contribution in [2.75, 3.05) is 5.32 Å². The Labute approximate surface area is 163 Å². The quantitative estimate of drug-likeness (QED) is 0.570. The monoisotopic (exact) mass is 385 g/mol. The van der Waals surface area contributed by atoms with Crippen LogP contribution in [0.2, 0.25) is 0 Å². The summed E-state index contributed by atoms with van der Waals surface area (Å²) in [5.74, 6) is -1.81. The number of ether oxygens (including phenoxy) is 1. The standard InChI is InChI=1S/C22H24FNO4/c1-13-5-7-17(11-15(13)3)20(25)9-10-21(26)28-16(4)22(27)24-18-8-6-14(2)19(23)12-18/h5-8,11-12,16H,9-10H2,1-4H3,(H,24,27). The van der Waals surface area contributed by atoms with E-state index in [1.165, 1.54) is 13.0 Å². The van der Waals surface area contributed by atoms with E-state index < -0.39 is 23.8 Å². The molecule has 2 aromatic rings. The molecule has 0 radical (unpaired) electrons. The number of benzene rings is 2. The summed E-state index contributed by atoms with van der Waals surface area (Å²) >= 11 is 0. The van der Waals surface area contributed by atoms with Crippen LogP contribution in [0.4, 0.5) is 10.1 Å². The Morgan fingerprint density at radius 3 is 2.29 bits per heavy atom. The molecule has 0 bridgehead atoms. The third kappa shape index (κ3) is 5.74. The van der Waals surface area contributed by atoms with Crippen LogP contribution in [0.5, 0.6) is 0 Å². The number of carbonyl (C=O) groups is 3. The number of halogens is 1. The van der Waals surface area contributed by atoms with Gasteiger partial charge in [0.1, 0.15) is 5.82 Å². The molecule has 0 saturated heterocycles. The third-order valence-electron chi connectivity index (χ3n) is 4.50. The van der Waals surface area contributed by atoms with E-state index in [-0.39, 0.29) is 24.3 Å². The highest BCUT2D eigenvalue weighted by Gasteiger charge is 2.19. The molecule has 1 unspecified atom stereocenters. The Kier molecular flexibility index (Phi) is 7.04. The minimum Gasteiger partial charge on any atom is -0.453 e. The number of Topliss-reactive ketones (excluding diaryl/α,β-unsaturated/α-hetero) is 1. The minimum absolute atomic E-state index is 0.00114. The van der Waals surface area contributed by atoms with Gasteiger partial charge in [-0.1, -0.05) is 18.2 Å². The molecule has 2 aromatic carbocycles. The van der Waals surface area contributed by atoms with Crippen LogP contribution in [0.3, 0.4) is 0 Å². The van der Waals surface area contributed by atoms with Crippen LogP contribution < -0.4 is 5.32 Å². The number of aryl methyl sites for hydroxylation is 3. The van der Waals surface area contributed by atoms with Crippen LogP contribution in [-0.2, 0) is 14.3 Å². The van der Waals surface area contributed by atoms with Crippen molar-refractivity contribution in [3.63, 3.8) is 0 Å². The number of carbonyl (C=O) groups excluding carboxylic acids is 3. The molecule has 1 N–H and O–H groups in total. The van der Waals surface area contributed by atoms with E-state index in [0.29, 0.717) is 11.1 Å². The van der Waals surface area contributed by atoms with E-state index in [4.69, 9.17) is 4.74 Å². The molecule has 1 amide bonds. The number of hydrogen-bond acceptors (Lipinski definition) is 4. The van der Waals surface area contributed by atoms with E-state index >= 15 is 0 Å². The fourth-order valence-corrected chi connectivity index (χ4v) is 2.50. The zero-order valence-corrected chi connectivity index (χ0v) is 16.5. The second-order valence-electron chi connectivity index (χ2n) is 6.81. The van der Waals surface area contributed by atoms with E-state index in [9.17, 15) is 18.8 Å². The number of rotatable bonds is 7. The van der Waals surface area contributed by atoms with Gasteiger partial charge in [0, 0.05) is 17.7 Å². The molecule has 0 aromatic heterocycles. The first-order valence-electron chi connectivity index (χ1n) is 9.04. The van der Waals surface area contributed by atoms with Crippen molar-refractivity contribution in [3.05, 3.63) is 64.5 Å². The molecule has 0 spiro atoms. The third-order valence-corrected chi connectivity index (χ3v) is 4.50. The second kappa shape index (κ2) is 9.26. The highest BCUT2D eigenvalue weighted by atomic mass is 19.1. The molecule has 1 atom stereocenters. The molecular formula is C22H24FNO4. The number of hydrogen-bond donors (Lipinski definition) is 1. The van der Waals surface area contributed by atoms with Gasteiger partial charge in [-0.2, -0.15) is 0 Å². The molecular weight excluding hydrogens is 361 g/mol. The molecule has 6 heteroatoms. The van der Waals surface area contributed by atoms with Gasteiger partial charge in [-0.15, -0.1) is 0 Å². The molecule has 5 nitrogen and oxygen atoms in total. The summed E-state index contributed by atoms with van der Waals surface area (Å²) in [5, 5.41) is 2.49. The minimum atomic E-state index is -1.06. The smallest absolute Gasteiger partial charge is 0.307 e. The number of nitrogens with one attached hydrogen (secondary N) is 1. The lowest BCUT2D eigenvalue weighted by Gasteiger charge is -2.14. The number of ketones is 1. The summed E-state index contributed by atoms with van der Waals surface area (Å²) in [6.07, 6.45) is -1.19. The van der Waals surface area contributed by atoms with Crippen molar-refractivity contribution in [1.29, 1.82) is 0 Å². The maximum absolute atomic E-state index is 13.5. The molecule has 2 rings (SSSR count). The topological polar surface area (TPSA) is 72.5 Å². The van der Waals surface area contributed by atoms with Gasteiger partial charge in [0.05, 0.1) is 6.42 Å². The zero-order valence-electron chi connectivity index (χ0n) is 16.5. The fraction of sp³-hybridized carbons (Fsp3) is 0.318. The predicted molar refractivity (Wildman–Crippen MR) is 105 cm³/mol. The molecule has 148 valence electrons. The lowest BCUT2D eigenvalue weighted by atomic mass is 10.0. The molecule has 28 heavy (non-hydrogen) atoms. The average Bonchev–Trinajstić information content (AvgIpc) is 2.64. The Hall–Kier alpha value is -3.02. The number of anilines is 1. The van der Waals surface area contributed by atoms with Gasteiger partial charge in [0.15, 0.2) is 11.9 Å². The highest BCUT2D eigenvalue weighted by Crippen LogP contribution is 2.15. The van der Waals surface area contributed by atoms with Crippen molar-refractivity contribution in [1.82, 2.24) is 0 Å². The summed E-state index contributed by atoms with van der Waals surface area (Å²) in [6, 6.07) is 9.69. The van der Waals surface area contributed by atoms with Gasteiger partial charge < -0.3 is 10.1 Å². The van der Waals surface area contributed by atoms with Gasteiger partial charge in [0.25, 0.3) is 5.91 Å². The van der Waals surface area contributed by atoms with Crippen LogP contribution in [-0.4, -0.2) is 23.8 Å². The molecule has 0 heterocycles. The van der Waals surface area contributed by atoms with Crippen LogP contribution in [0.1, 0.15) is 46.8 Å². The summed E-state index contributed by atoms with van der Waals surface area (Å²) < 4.78 is 18.6. The van der Waals surface area contributed by atoms with E-state index in [0.717, 1.165) is 11.1 Å². The first-order valence-corrected chi connectivity index (χ1v) is 9.04. The predicted octanol–water partition coefficient (Wildman–Crippen LogP) is 4.28. The Bertz CT molecular complexity index is 907.